The molecule has 0 atom stereocenters. The number of aryl methyl sites for hydroxylation is 1. The number of rotatable bonds is 3. The summed E-state index contributed by atoms with van der Waals surface area (Å²) >= 11 is 0. The summed E-state index contributed by atoms with van der Waals surface area (Å²) in [5, 5.41) is 10.5. The molecule has 7 heteroatoms. The van der Waals surface area contributed by atoms with Crippen LogP contribution in [0.4, 0.5) is 11.4 Å². The Kier molecular flexibility index (Phi) is 6.32. The Morgan fingerprint density at radius 3 is 2.17 bits per heavy atom. The second-order valence-electron chi connectivity index (χ2n) is 3.84. The van der Waals surface area contributed by atoms with Crippen LogP contribution in [0.3, 0.4) is 0 Å². The van der Waals surface area contributed by atoms with Crippen LogP contribution in [0.25, 0.3) is 0 Å². The SMILES string of the molecule is CCC.Cc1cc(NS(C)(=O)=O)ccc1[N+](=O)[O-]. The van der Waals surface area contributed by atoms with Crippen molar-refractivity contribution in [2.75, 3.05) is 11.0 Å². The van der Waals surface area contributed by atoms with Gasteiger partial charge in [0.15, 0.2) is 0 Å². The lowest BCUT2D eigenvalue weighted by Crippen LogP contribution is -2.09. The molecule has 6 nitrogen and oxygen atoms in total. The van der Waals surface area contributed by atoms with Gasteiger partial charge >= 0.3 is 0 Å². The maximum atomic E-state index is 10.9. The third-order valence-electron chi connectivity index (χ3n) is 1.70. The molecule has 0 spiro atoms. The molecule has 0 heterocycles. The van der Waals surface area contributed by atoms with E-state index < -0.39 is 14.9 Å². The third-order valence-corrected chi connectivity index (χ3v) is 2.30. The van der Waals surface area contributed by atoms with E-state index in [1.807, 2.05) is 0 Å². The minimum Gasteiger partial charge on any atom is -0.284 e. The van der Waals surface area contributed by atoms with Gasteiger partial charge in [0, 0.05) is 17.3 Å². The highest BCUT2D eigenvalue weighted by Gasteiger charge is 2.11. The minimum atomic E-state index is -3.35. The number of hydrogen-bond donors (Lipinski definition) is 1. The molecular formula is C11H18N2O4S. The minimum absolute atomic E-state index is 0.0333. The van der Waals surface area contributed by atoms with E-state index in [9.17, 15) is 18.5 Å². The van der Waals surface area contributed by atoms with Crippen LogP contribution in [0.1, 0.15) is 25.8 Å². The number of nitro groups is 1. The smallest absolute Gasteiger partial charge is 0.272 e. The van der Waals surface area contributed by atoms with Gasteiger partial charge in [0.2, 0.25) is 10.0 Å². The third kappa shape index (κ3) is 6.19. The summed E-state index contributed by atoms with van der Waals surface area (Å²) < 4.78 is 24.0. The Morgan fingerprint density at radius 1 is 1.33 bits per heavy atom. The fourth-order valence-corrected chi connectivity index (χ4v) is 1.69. The number of nitrogens with one attached hydrogen (secondary N) is 1. The van der Waals surface area contributed by atoms with Crippen molar-refractivity contribution in [2.24, 2.45) is 0 Å². The maximum Gasteiger partial charge on any atom is 0.272 e. The normalized spacial score (nSPS) is 10.2. The van der Waals surface area contributed by atoms with E-state index in [4.69, 9.17) is 0 Å². The van der Waals surface area contributed by atoms with Crippen molar-refractivity contribution in [1.29, 1.82) is 0 Å². The van der Waals surface area contributed by atoms with E-state index >= 15 is 0 Å². The molecule has 102 valence electrons. The maximum absolute atomic E-state index is 10.9. The van der Waals surface area contributed by atoms with Crippen molar-refractivity contribution in [3.05, 3.63) is 33.9 Å². The fraction of sp³-hybridized carbons (Fsp3) is 0.455. The van der Waals surface area contributed by atoms with Crippen molar-refractivity contribution in [3.63, 3.8) is 0 Å². The number of anilines is 1. The van der Waals surface area contributed by atoms with Crippen LogP contribution in [-0.4, -0.2) is 19.6 Å². The lowest BCUT2D eigenvalue weighted by molar-refractivity contribution is -0.385. The zero-order valence-electron chi connectivity index (χ0n) is 10.9. The molecule has 0 aliphatic rings. The number of benzene rings is 1. The first-order chi connectivity index (χ1) is 8.21. The number of hydrogen-bond acceptors (Lipinski definition) is 4. The van der Waals surface area contributed by atoms with Crippen molar-refractivity contribution in [3.8, 4) is 0 Å². The first kappa shape index (κ1) is 16.4. The Labute approximate surface area is 107 Å². The molecule has 0 radical (unpaired) electrons. The topological polar surface area (TPSA) is 89.3 Å². The molecule has 1 aromatic rings. The average molecular weight is 274 g/mol. The van der Waals surface area contributed by atoms with Crippen molar-refractivity contribution < 1.29 is 13.3 Å². The highest BCUT2D eigenvalue weighted by Crippen LogP contribution is 2.21. The largest absolute Gasteiger partial charge is 0.284 e. The van der Waals surface area contributed by atoms with Gasteiger partial charge in [0.25, 0.3) is 5.69 Å². The summed E-state index contributed by atoms with van der Waals surface area (Å²) in [6.45, 7) is 5.80. The average Bonchev–Trinajstić information content (AvgIpc) is 2.15. The van der Waals surface area contributed by atoms with Gasteiger partial charge in [0.05, 0.1) is 11.2 Å². The molecule has 0 bridgehead atoms. The van der Waals surface area contributed by atoms with Gasteiger partial charge in [-0.25, -0.2) is 8.42 Å². The molecule has 0 aliphatic carbocycles. The van der Waals surface area contributed by atoms with E-state index in [0.717, 1.165) is 6.26 Å². The monoisotopic (exact) mass is 274 g/mol. The molecule has 1 N–H and O–H groups in total. The Morgan fingerprint density at radius 2 is 1.83 bits per heavy atom. The molecular weight excluding hydrogens is 256 g/mol. The van der Waals surface area contributed by atoms with Crippen LogP contribution in [0.2, 0.25) is 0 Å². The van der Waals surface area contributed by atoms with E-state index in [1.54, 1.807) is 6.92 Å². The van der Waals surface area contributed by atoms with Gasteiger partial charge in [-0.2, -0.15) is 0 Å². The standard InChI is InChI=1S/C8H10N2O4S.C3H8/c1-6-5-7(9-15(2,13)14)3-4-8(6)10(11)12;1-3-2/h3-5,9H,1-2H3;3H2,1-2H3. The van der Waals surface area contributed by atoms with Gasteiger partial charge in [0.1, 0.15) is 0 Å². The predicted molar refractivity (Wildman–Crippen MR) is 72.3 cm³/mol. The molecule has 0 saturated carbocycles. The zero-order chi connectivity index (χ0) is 14.3. The van der Waals surface area contributed by atoms with Gasteiger partial charge in [-0.3, -0.25) is 14.8 Å². The molecule has 0 unspecified atom stereocenters. The Hall–Kier alpha value is -1.63. The van der Waals surface area contributed by atoms with Gasteiger partial charge in [-0.1, -0.05) is 20.3 Å². The van der Waals surface area contributed by atoms with Crippen molar-refractivity contribution >= 4 is 21.4 Å². The lowest BCUT2D eigenvalue weighted by atomic mass is 10.2. The molecule has 0 aromatic heterocycles. The van der Waals surface area contributed by atoms with Crippen LogP contribution >= 0.6 is 0 Å². The second kappa shape index (κ2) is 6.95. The number of nitrogens with zero attached hydrogens (tertiary/aromatic N) is 1. The summed E-state index contributed by atoms with van der Waals surface area (Å²) in [5.41, 5.74) is 0.698. The molecule has 1 rings (SSSR count). The number of sulfonamides is 1. The predicted octanol–water partition coefficient (Wildman–Crippen LogP) is 2.69. The van der Waals surface area contributed by atoms with Crippen molar-refractivity contribution in [1.82, 2.24) is 0 Å². The summed E-state index contributed by atoms with van der Waals surface area (Å²) in [5.74, 6) is 0. The van der Waals surface area contributed by atoms with Gasteiger partial charge in [-0.05, 0) is 19.1 Å². The van der Waals surface area contributed by atoms with E-state index in [1.165, 1.54) is 24.6 Å². The Balaban J connectivity index is 0.000000873. The van der Waals surface area contributed by atoms with E-state index in [0.29, 0.717) is 11.3 Å². The van der Waals surface area contributed by atoms with Gasteiger partial charge < -0.3 is 0 Å². The van der Waals surface area contributed by atoms with Crippen LogP contribution in [0.15, 0.2) is 18.2 Å². The summed E-state index contributed by atoms with van der Waals surface area (Å²) in [7, 11) is -3.35. The highest BCUT2D eigenvalue weighted by molar-refractivity contribution is 7.92. The summed E-state index contributed by atoms with van der Waals surface area (Å²) in [6, 6.07) is 4.04. The van der Waals surface area contributed by atoms with Crippen molar-refractivity contribution in [2.45, 2.75) is 27.2 Å². The van der Waals surface area contributed by atoms with E-state index in [2.05, 4.69) is 18.6 Å². The summed E-state index contributed by atoms with van der Waals surface area (Å²) in [6.07, 6.45) is 2.27. The van der Waals surface area contributed by atoms with Crippen LogP contribution < -0.4 is 4.72 Å². The quantitative estimate of drug-likeness (QED) is 0.677. The first-order valence-corrected chi connectivity index (χ1v) is 7.33. The number of nitro benzene ring substituents is 1. The summed E-state index contributed by atoms with van der Waals surface area (Å²) in [4.78, 5) is 9.97. The van der Waals surface area contributed by atoms with E-state index in [-0.39, 0.29) is 5.69 Å². The lowest BCUT2D eigenvalue weighted by Gasteiger charge is -2.04. The van der Waals surface area contributed by atoms with Crippen LogP contribution in [0.5, 0.6) is 0 Å². The molecule has 0 aliphatic heterocycles. The second-order valence-corrected chi connectivity index (χ2v) is 5.59. The first-order valence-electron chi connectivity index (χ1n) is 5.44. The molecule has 0 amide bonds. The van der Waals surface area contributed by atoms with Crippen LogP contribution in [-0.2, 0) is 10.0 Å². The Bertz CT molecular complexity index is 512. The molecule has 0 saturated heterocycles. The van der Waals surface area contributed by atoms with Crippen LogP contribution in [0, 0.1) is 17.0 Å². The fourth-order valence-electron chi connectivity index (χ4n) is 1.14. The molecule has 1 aromatic carbocycles. The van der Waals surface area contributed by atoms with Gasteiger partial charge in [-0.15, -0.1) is 0 Å². The zero-order valence-corrected chi connectivity index (χ0v) is 11.7. The molecule has 0 fully saturated rings. The highest BCUT2D eigenvalue weighted by atomic mass is 32.2. The molecule has 18 heavy (non-hydrogen) atoms.